The van der Waals surface area contributed by atoms with Gasteiger partial charge in [-0.2, -0.15) is 0 Å². The number of aromatic nitrogens is 1. The largest absolute Gasteiger partial charge is 0.484 e. The second-order valence-electron chi connectivity index (χ2n) is 5.20. The number of carbonyl (C=O) groups excluding carboxylic acids is 1. The predicted molar refractivity (Wildman–Crippen MR) is 95.7 cm³/mol. The Morgan fingerprint density at radius 2 is 1.68 bits per heavy atom. The normalized spacial score (nSPS) is 10.5. The van der Waals surface area contributed by atoms with E-state index in [1.807, 2.05) is 12.1 Å². The molecule has 0 unspecified atom stereocenters. The molecule has 1 N–H and O–H groups in total. The molecule has 128 valence electrons. The average Bonchev–Trinajstić information content (AvgIpc) is 3.09. The summed E-state index contributed by atoms with van der Waals surface area (Å²) in [7, 11) is 0. The van der Waals surface area contributed by atoms with Crippen molar-refractivity contribution < 1.29 is 14.1 Å². The number of rotatable bonds is 6. The Bertz CT molecular complexity index is 846. The first-order valence-electron chi connectivity index (χ1n) is 7.47. The van der Waals surface area contributed by atoms with Crippen molar-refractivity contribution in [3.63, 3.8) is 0 Å². The van der Waals surface area contributed by atoms with E-state index in [1.165, 1.54) is 0 Å². The van der Waals surface area contributed by atoms with E-state index in [2.05, 4.69) is 10.5 Å². The summed E-state index contributed by atoms with van der Waals surface area (Å²) in [5.41, 5.74) is 1.56. The van der Waals surface area contributed by atoms with Crippen LogP contribution < -0.4 is 10.1 Å². The van der Waals surface area contributed by atoms with Gasteiger partial charge >= 0.3 is 0 Å². The van der Waals surface area contributed by atoms with Crippen LogP contribution in [0.1, 0.15) is 5.76 Å². The lowest BCUT2D eigenvalue weighted by molar-refractivity contribution is -0.123. The van der Waals surface area contributed by atoms with E-state index < -0.39 is 0 Å². The molecule has 1 amide bonds. The number of benzene rings is 2. The number of amides is 1. The van der Waals surface area contributed by atoms with Gasteiger partial charge in [0.25, 0.3) is 5.91 Å². The van der Waals surface area contributed by atoms with Crippen LogP contribution in [-0.2, 0) is 11.3 Å². The van der Waals surface area contributed by atoms with Crippen LogP contribution in [-0.4, -0.2) is 17.7 Å². The molecule has 1 aromatic heterocycles. The van der Waals surface area contributed by atoms with Crippen LogP contribution in [0.15, 0.2) is 59.1 Å². The van der Waals surface area contributed by atoms with Crippen molar-refractivity contribution in [3.8, 4) is 17.0 Å². The summed E-state index contributed by atoms with van der Waals surface area (Å²) < 4.78 is 10.6. The maximum atomic E-state index is 11.8. The molecule has 0 saturated carbocycles. The van der Waals surface area contributed by atoms with Crippen LogP contribution >= 0.6 is 23.2 Å². The minimum Gasteiger partial charge on any atom is -0.484 e. The van der Waals surface area contributed by atoms with Crippen molar-refractivity contribution in [2.45, 2.75) is 6.54 Å². The van der Waals surface area contributed by atoms with Gasteiger partial charge in [0.05, 0.1) is 6.54 Å². The first-order valence-corrected chi connectivity index (χ1v) is 8.22. The van der Waals surface area contributed by atoms with E-state index in [9.17, 15) is 4.79 Å². The average molecular weight is 377 g/mol. The summed E-state index contributed by atoms with van der Waals surface area (Å²) in [5, 5.41) is 7.96. The first-order chi connectivity index (χ1) is 12.1. The summed E-state index contributed by atoms with van der Waals surface area (Å²) in [4.78, 5) is 11.8. The summed E-state index contributed by atoms with van der Waals surface area (Å²) in [6, 6.07) is 15.8. The predicted octanol–water partition coefficient (Wildman–Crippen LogP) is 4.34. The fourth-order valence-electron chi connectivity index (χ4n) is 2.07. The third-order valence-electron chi connectivity index (χ3n) is 3.34. The number of halogens is 2. The van der Waals surface area contributed by atoms with Gasteiger partial charge in [0, 0.05) is 21.7 Å². The van der Waals surface area contributed by atoms with Gasteiger partial charge in [0.15, 0.2) is 12.4 Å². The molecule has 0 bridgehead atoms. The first kappa shape index (κ1) is 17.3. The van der Waals surface area contributed by atoms with Crippen LogP contribution in [0.25, 0.3) is 11.3 Å². The molecule has 0 fully saturated rings. The van der Waals surface area contributed by atoms with Gasteiger partial charge in [-0.15, -0.1) is 0 Å². The standard InChI is InChI=1S/C18H14Cl2N2O3/c19-13-3-1-12(2-4-13)17-9-16(25-22-17)10-21-18(23)11-24-15-7-5-14(20)6-8-15/h1-9H,10-11H2,(H,21,23). The van der Waals surface area contributed by atoms with Gasteiger partial charge in [-0.3, -0.25) is 4.79 Å². The Labute approximate surface area is 154 Å². The van der Waals surface area contributed by atoms with Crippen molar-refractivity contribution in [1.29, 1.82) is 0 Å². The molecule has 0 atom stereocenters. The molecule has 5 nitrogen and oxygen atoms in total. The molecule has 0 aliphatic rings. The molecular weight excluding hydrogens is 363 g/mol. The number of ether oxygens (including phenoxy) is 1. The van der Waals surface area contributed by atoms with Gasteiger partial charge in [0.2, 0.25) is 0 Å². The molecule has 0 spiro atoms. The molecule has 0 aliphatic heterocycles. The minimum absolute atomic E-state index is 0.0974. The van der Waals surface area contributed by atoms with Gasteiger partial charge in [-0.1, -0.05) is 40.5 Å². The van der Waals surface area contributed by atoms with Crippen LogP contribution in [0.2, 0.25) is 10.0 Å². The van der Waals surface area contributed by atoms with E-state index in [4.69, 9.17) is 32.5 Å². The minimum atomic E-state index is -0.264. The number of carbonyl (C=O) groups is 1. The van der Waals surface area contributed by atoms with E-state index in [0.29, 0.717) is 27.2 Å². The van der Waals surface area contributed by atoms with Crippen LogP contribution in [0.4, 0.5) is 0 Å². The lowest BCUT2D eigenvalue weighted by Crippen LogP contribution is -2.28. The number of hydrogen-bond acceptors (Lipinski definition) is 4. The van der Waals surface area contributed by atoms with E-state index in [-0.39, 0.29) is 19.1 Å². The van der Waals surface area contributed by atoms with Crippen molar-refractivity contribution in [3.05, 3.63) is 70.4 Å². The molecule has 25 heavy (non-hydrogen) atoms. The molecule has 0 aliphatic carbocycles. The fraction of sp³-hybridized carbons (Fsp3) is 0.111. The Kier molecular flexibility index (Phi) is 5.58. The smallest absolute Gasteiger partial charge is 0.258 e. The molecule has 0 saturated heterocycles. The highest BCUT2D eigenvalue weighted by atomic mass is 35.5. The maximum absolute atomic E-state index is 11.8. The molecule has 1 heterocycles. The Hall–Kier alpha value is -2.50. The second-order valence-corrected chi connectivity index (χ2v) is 6.08. The Morgan fingerprint density at radius 1 is 1.04 bits per heavy atom. The fourth-order valence-corrected chi connectivity index (χ4v) is 2.32. The number of hydrogen-bond donors (Lipinski definition) is 1. The van der Waals surface area contributed by atoms with Crippen molar-refractivity contribution in [1.82, 2.24) is 10.5 Å². The second kappa shape index (κ2) is 8.05. The van der Waals surface area contributed by atoms with Crippen LogP contribution in [0.5, 0.6) is 5.75 Å². The zero-order valence-electron chi connectivity index (χ0n) is 13.0. The van der Waals surface area contributed by atoms with E-state index in [1.54, 1.807) is 42.5 Å². The maximum Gasteiger partial charge on any atom is 0.258 e. The van der Waals surface area contributed by atoms with Gasteiger partial charge < -0.3 is 14.6 Å². The van der Waals surface area contributed by atoms with Crippen LogP contribution in [0, 0.1) is 0 Å². The summed E-state index contributed by atoms with van der Waals surface area (Å²) in [6.07, 6.45) is 0. The van der Waals surface area contributed by atoms with Gasteiger partial charge in [-0.05, 0) is 36.4 Å². The number of nitrogens with zero attached hydrogens (tertiary/aromatic N) is 1. The lowest BCUT2D eigenvalue weighted by Gasteiger charge is -2.06. The highest BCUT2D eigenvalue weighted by Crippen LogP contribution is 2.21. The van der Waals surface area contributed by atoms with Gasteiger partial charge in [0.1, 0.15) is 11.4 Å². The molecule has 2 aromatic carbocycles. The third-order valence-corrected chi connectivity index (χ3v) is 3.85. The SMILES string of the molecule is O=C(COc1ccc(Cl)cc1)NCc1cc(-c2ccc(Cl)cc2)no1. The summed E-state index contributed by atoms with van der Waals surface area (Å²) in [5.74, 6) is 0.855. The topological polar surface area (TPSA) is 64.4 Å². The zero-order chi connectivity index (χ0) is 17.6. The molecule has 3 rings (SSSR count). The molecule has 3 aromatic rings. The Balaban J connectivity index is 1.49. The quantitative estimate of drug-likeness (QED) is 0.694. The summed E-state index contributed by atoms with van der Waals surface area (Å²) in [6.45, 7) is 0.128. The molecule has 0 radical (unpaired) electrons. The molecule has 7 heteroatoms. The highest BCUT2D eigenvalue weighted by Gasteiger charge is 2.09. The van der Waals surface area contributed by atoms with Crippen LogP contribution in [0.3, 0.4) is 0 Å². The van der Waals surface area contributed by atoms with Gasteiger partial charge in [-0.25, -0.2) is 0 Å². The molecular formula is C18H14Cl2N2O3. The van der Waals surface area contributed by atoms with E-state index in [0.717, 1.165) is 5.56 Å². The van der Waals surface area contributed by atoms with E-state index >= 15 is 0 Å². The lowest BCUT2D eigenvalue weighted by atomic mass is 10.1. The monoisotopic (exact) mass is 376 g/mol. The zero-order valence-corrected chi connectivity index (χ0v) is 14.6. The van der Waals surface area contributed by atoms with Crippen molar-refractivity contribution >= 4 is 29.1 Å². The third kappa shape index (κ3) is 4.98. The van der Waals surface area contributed by atoms with Crippen molar-refractivity contribution in [2.75, 3.05) is 6.61 Å². The summed E-state index contributed by atoms with van der Waals surface area (Å²) >= 11 is 11.6. The highest BCUT2D eigenvalue weighted by molar-refractivity contribution is 6.30. The Morgan fingerprint density at radius 3 is 2.36 bits per heavy atom. The number of nitrogens with one attached hydrogen (secondary N) is 1. The van der Waals surface area contributed by atoms with Crippen molar-refractivity contribution in [2.24, 2.45) is 0 Å².